The molecular formula is C13H13F3N2O2. The monoisotopic (exact) mass is 286 g/mol. The van der Waals surface area contributed by atoms with Crippen molar-refractivity contribution >= 4 is 17.5 Å². The minimum atomic E-state index is -4.59. The van der Waals surface area contributed by atoms with Crippen LogP contribution in [0.4, 0.5) is 18.9 Å². The van der Waals surface area contributed by atoms with E-state index < -0.39 is 35.6 Å². The van der Waals surface area contributed by atoms with E-state index in [9.17, 15) is 22.8 Å². The predicted molar refractivity (Wildman–Crippen MR) is 66.0 cm³/mol. The maximum Gasteiger partial charge on any atom is 0.418 e. The molecule has 0 radical (unpaired) electrons. The number of halogens is 3. The van der Waals surface area contributed by atoms with Gasteiger partial charge in [-0.25, -0.2) is 0 Å². The van der Waals surface area contributed by atoms with Crippen molar-refractivity contribution in [2.75, 3.05) is 4.90 Å². The zero-order valence-electron chi connectivity index (χ0n) is 10.9. The highest BCUT2D eigenvalue weighted by molar-refractivity contribution is 6.08. The van der Waals surface area contributed by atoms with Gasteiger partial charge < -0.3 is 5.32 Å². The Bertz CT molecular complexity index is 557. The molecule has 1 N–H and O–H groups in total. The molecule has 0 saturated carbocycles. The summed E-state index contributed by atoms with van der Waals surface area (Å²) in [5, 5.41) is 2.43. The number of nitrogens with one attached hydrogen (secondary N) is 1. The number of piperazine rings is 1. The van der Waals surface area contributed by atoms with Gasteiger partial charge in [0, 0.05) is 0 Å². The lowest BCUT2D eigenvalue weighted by Crippen LogP contribution is -2.62. The number of anilines is 1. The summed E-state index contributed by atoms with van der Waals surface area (Å²) in [6.07, 6.45) is -4.59. The summed E-state index contributed by atoms with van der Waals surface area (Å²) in [4.78, 5) is 24.7. The molecule has 20 heavy (non-hydrogen) atoms. The summed E-state index contributed by atoms with van der Waals surface area (Å²) in [5.41, 5.74) is -1.22. The third-order valence-corrected chi connectivity index (χ3v) is 3.20. The average molecular weight is 286 g/mol. The molecule has 1 saturated heterocycles. The molecule has 1 fully saturated rings. The quantitative estimate of drug-likeness (QED) is 0.857. The number of carbonyl (C=O) groups is 2. The SMILES string of the molecule is CC1NC(=O)C(C)N(c2ccccc2C(F)(F)F)C1=O. The Morgan fingerprint density at radius 3 is 2.35 bits per heavy atom. The number of amides is 2. The zero-order chi connectivity index (χ0) is 15.1. The number of hydrogen-bond acceptors (Lipinski definition) is 2. The number of benzene rings is 1. The molecule has 7 heteroatoms. The Morgan fingerprint density at radius 2 is 1.75 bits per heavy atom. The molecular weight excluding hydrogens is 273 g/mol. The van der Waals surface area contributed by atoms with E-state index in [1.165, 1.54) is 32.0 Å². The molecule has 1 heterocycles. The highest BCUT2D eigenvalue weighted by Crippen LogP contribution is 2.37. The second kappa shape index (κ2) is 4.81. The summed E-state index contributed by atoms with van der Waals surface area (Å²) in [6, 6.07) is 2.91. The number of nitrogens with zero attached hydrogens (tertiary/aromatic N) is 1. The third-order valence-electron chi connectivity index (χ3n) is 3.20. The van der Waals surface area contributed by atoms with Gasteiger partial charge in [-0.05, 0) is 26.0 Å². The van der Waals surface area contributed by atoms with Gasteiger partial charge in [-0.3, -0.25) is 14.5 Å². The molecule has 1 aromatic carbocycles. The van der Waals surface area contributed by atoms with Crippen LogP contribution in [0.5, 0.6) is 0 Å². The van der Waals surface area contributed by atoms with E-state index >= 15 is 0 Å². The Morgan fingerprint density at radius 1 is 1.15 bits per heavy atom. The van der Waals surface area contributed by atoms with Crippen LogP contribution < -0.4 is 10.2 Å². The number of para-hydroxylation sites is 1. The highest BCUT2D eigenvalue weighted by Gasteiger charge is 2.41. The minimum absolute atomic E-state index is 0.292. The zero-order valence-corrected chi connectivity index (χ0v) is 10.9. The maximum atomic E-state index is 13.0. The molecule has 108 valence electrons. The molecule has 2 unspecified atom stereocenters. The molecule has 1 aliphatic rings. The first-order valence-electron chi connectivity index (χ1n) is 6.03. The smallest absolute Gasteiger partial charge is 0.343 e. The van der Waals surface area contributed by atoms with Crippen molar-refractivity contribution in [1.29, 1.82) is 0 Å². The van der Waals surface area contributed by atoms with Crippen LogP contribution in [0.25, 0.3) is 0 Å². The van der Waals surface area contributed by atoms with Crippen LogP contribution in [0.2, 0.25) is 0 Å². The molecule has 0 bridgehead atoms. The highest BCUT2D eigenvalue weighted by atomic mass is 19.4. The van der Waals surface area contributed by atoms with E-state index in [1.807, 2.05) is 0 Å². The van der Waals surface area contributed by atoms with Gasteiger partial charge in [0.2, 0.25) is 11.8 Å². The minimum Gasteiger partial charge on any atom is -0.343 e. The number of rotatable bonds is 1. The molecule has 1 aromatic rings. The van der Waals surface area contributed by atoms with Crippen LogP contribution in [0, 0.1) is 0 Å². The van der Waals surface area contributed by atoms with Crippen molar-refractivity contribution < 1.29 is 22.8 Å². The van der Waals surface area contributed by atoms with E-state index in [-0.39, 0.29) is 5.69 Å². The largest absolute Gasteiger partial charge is 0.418 e. The first kappa shape index (κ1) is 14.4. The van der Waals surface area contributed by atoms with Crippen molar-refractivity contribution in [1.82, 2.24) is 5.32 Å². The van der Waals surface area contributed by atoms with E-state index in [0.717, 1.165) is 11.0 Å². The average Bonchev–Trinajstić information content (AvgIpc) is 2.36. The molecule has 4 nitrogen and oxygen atoms in total. The second-order valence-corrected chi connectivity index (χ2v) is 4.63. The molecule has 0 spiro atoms. The van der Waals surface area contributed by atoms with E-state index in [0.29, 0.717) is 0 Å². The van der Waals surface area contributed by atoms with Gasteiger partial charge in [0.15, 0.2) is 0 Å². The first-order valence-corrected chi connectivity index (χ1v) is 6.03. The molecule has 2 amide bonds. The summed E-state index contributed by atoms with van der Waals surface area (Å²) in [7, 11) is 0. The standard InChI is InChI=1S/C13H13F3N2O2/c1-7-12(20)18(8(2)11(19)17-7)10-6-4-3-5-9(10)13(14,15)16/h3-8H,1-2H3,(H,17,19). The number of alkyl halides is 3. The summed E-state index contributed by atoms with van der Waals surface area (Å²) in [6.45, 7) is 2.83. The fourth-order valence-corrected chi connectivity index (χ4v) is 2.16. The molecule has 0 aromatic heterocycles. The van der Waals surface area contributed by atoms with Crippen molar-refractivity contribution in [3.63, 3.8) is 0 Å². The Balaban J connectivity index is 2.54. The molecule has 0 aliphatic carbocycles. The maximum absolute atomic E-state index is 13.0. The van der Waals surface area contributed by atoms with Crippen LogP contribution in [-0.2, 0) is 15.8 Å². The van der Waals surface area contributed by atoms with Gasteiger partial charge in [0.25, 0.3) is 0 Å². The summed E-state index contributed by atoms with van der Waals surface area (Å²) >= 11 is 0. The van der Waals surface area contributed by atoms with Crippen molar-refractivity contribution in [3.05, 3.63) is 29.8 Å². The van der Waals surface area contributed by atoms with E-state index in [1.54, 1.807) is 0 Å². The van der Waals surface area contributed by atoms with Crippen LogP contribution in [0.1, 0.15) is 19.4 Å². The third kappa shape index (κ3) is 2.35. The normalized spacial score (nSPS) is 23.8. The lowest BCUT2D eigenvalue weighted by molar-refractivity contribution is -0.138. The lowest BCUT2D eigenvalue weighted by Gasteiger charge is -2.37. The van der Waals surface area contributed by atoms with Gasteiger partial charge in [0.05, 0.1) is 11.3 Å². The van der Waals surface area contributed by atoms with Gasteiger partial charge in [-0.1, -0.05) is 12.1 Å². The molecule has 2 atom stereocenters. The number of carbonyl (C=O) groups excluding carboxylic acids is 2. The van der Waals surface area contributed by atoms with Gasteiger partial charge in [0.1, 0.15) is 12.1 Å². The Kier molecular flexibility index (Phi) is 3.45. The number of hydrogen-bond donors (Lipinski definition) is 1. The van der Waals surface area contributed by atoms with Gasteiger partial charge in [-0.15, -0.1) is 0 Å². The van der Waals surface area contributed by atoms with Crippen molar-refractivity contribution in [2.24, 2.45) is 0 Å². The Hall–Kier alpha value is -2.05. The van der Waals surface area contributed by atoms with E-state index in [4.69, 9.17) is 0 Å². The first-order chi connectivity index (χ1) is 9.23. The second-order valence-electron chi connectivity index (χ2n) is 4.63. The molecule has 2 rings (SSSR count). The van der Waals surface area contributed by atoms with Crippen LogP contribution in [0.3, 0.4) is 0 Å². The molecule has 1 aliphatic heterocycles. The van der Waals surface area contributed by atoms with E-state index in [2.05, 4.69) is 5.32 Å². The van der Waals surface area contributed by atoms with Gasteiger partial charge >= 0.3 is 6.18 Å². The van der Waals surface area contributed by atoms with Crippen molar-refractivity contribution in [3.8, 4) is 0 Å². The fourth-order valence-electron chi connectivity index (χ4n) is 2.16. The van der Waals surface area contributed by atoms with Crippen LogP contribution >= 0.6 is 0 Å². The summed E-state index contributed by atoms with van der Waals surface area (Å²) < 4.78 is 39.0. The van der Waals surface area contributed by atoms with Crippen molar-refractivity contribution in [2.45, 2.75) is 32.1 Å². The van der Waals surface area contributed by atoms with Crippen LogP contribution in [0.15, 0.2) is 24.3 Å². The Labute approximate surface area is 113 Å². The van der Waals surface area contributed by atoms with Gasteiger partial charge in [-0.2, -0.15) is 13.2 Å². The fraction of sp³-hybridized carbons (Fsp3) is 0.385. The predicted octanol–water partition coefficient (Wildman–Crippen LogP) is 1.95. The van der Waals surface area contributed by atoms with Crippen LogP contribution in [-0.4, -0.2) is 23.9 Å². The lowest BCUT2D eigenvalue weighted by atomic mass is 10.0. The topological polar surface area (TPSA) is 49.4 Å². The summed E-state index contributed by atoms with van der Waals surface area (Å²) in [5.74, 6) is -1.04.